The SMILES string of the molecule is CC1CC(O)N(C=O)N1C(C)(C)C. The third-order valence-electron chi connectivity index (χ3n) is 2.32. The molecule has 1 rings (SSSR count). The van der Waals surface area contributed by atoms with Gasteiger partial charge < -0.3 is 5.11 Å². The second-order valence-corrected chi connectivity index (χ2v) is 4.57. The molecule has 1 N–H and O–H groups in total. The van der Waals surface area contributed by atoms with Crippen molar-refractivity contribution in [3.8, 4) is 0 Å². The van der Waals surface area contributed by atoms with Crippen molar-refractivity contribution >= 4 is 6.41 Å². The Balaban J connectivity index is 2.87. The summed E-state index contributed by atoms with van der Waals surface area (Å²) in [6.07, 6.45) is 0.654. The number of hydrazine groups is 1. The molecule has 4 heteroatoms. The summed E-state index contributed by atoms with van der Waals surface area (Å²) in [6.45, 7) is 8.09. The number of aliphatic hydroxyl groups is 1. The first-order valence-corrected chi connectivity index (χ1v) is 4.59. The first-order valence-electron chi connectivity index (χ1n) is 4.59. The summed E-state index contributed by atoms with van der Waals surface area (Å²) in [4.78, 5) is 10.7. The lowest BCUT2D eigenvalue weighted by Gasteiger charge is -2.39. The van der Waals surface area contributed by atoms with E-state index in [4.69, 9.17) is 0 Å². The average molecular weight is 186 g/mol. The van der Waals surface area contributed by atoms with E-state index in [2.05, 4.69) is 0 Å². The molecule has 1 heterocycles. The maximum Gasteiger partial charge on any atom is 0.226 e. The smallest absolute Gasteiger partial charge is 0.226 e. The highest BCUT2D eigenvalue weighted by Gasteiger charge is 2.41. The molecule has 0 aromatic rings. The number of carbonyl (C=O) groups is 1. The third-order valence-corrected chi connectivity index (χ3v) is 2.32. The van der Waals surface area contributed by atoms with Crippen LogP contribution in [-0.4, -0.2) is 39.3 Å². The zero-order valence-electron chi connectivity index (χ0n) is 8.69. The summed E-state index contributed by atoms with van der Waals surface area (Å²) in [7, 11) is 0. The molecule has 0 aromatic heterocycles. The van der Waals surface area contributed by atoms with Gasteiger partial charge in [0.1, 0.15) is 6.23 Å². The highest BCUT2D eigenvalue weighted by molar-refractivity contribution is 5.47. The third kappa shape index (κ3) is 1.84. The fourth-order valence-electron chi connectivity index (χ4n) is 2.01. The van der Waals surface area contributed by atoms with Crippen LogP contribution in [0.2, 0.25) is 0 Å². The Bertz CT molecular complexity index is 200. The molecule has 0 saturated carbocycles. The highest BCUT2D eigenvalue weighted by Crippen LogP contribution is 2.29. The summed E-state index contributed by atoms with van der Waals surface area (Å²) in [5.41, 5.74) is -0.127. The fraction of sp³-hybridized carbons (Fsp3) is 0.889. The zero-order chi connectivity index (χ0) is 10.2. The van der Waals surface area contributed by atoms with Crippen LogP contribution < -0.4 is 0 Å². The van der Waals surface area contributed by atoms with Gasteiger partial charge in [0.15, 0.2) is 0 Å². The molecule has 1 aliphatic heterocycles. The van der Waals surface area contributed by atoms with E-state index in [9.17, 15) is 9.90 Å². The van der Waals surface area contributed by atoms with Crippen LogP contribution >= 0.6 is 0 Å². The minimum Gasteiger partial charge on any atom is -0.372 e. The van der Waals surface area contributed by atoms with Crippen LogP contribution in [0.3, 0.4) is 0 Å². The normalized spacial score (nSPS) is 31.0. The lowest BCUT2D eigenvalue weighted by atomic mass is 10.1. The first kappa shape index (κ1) is 10.5. The molecular formula is C9H18N2O2. The Labute approximate surface area is 79.1 Å². The molecule has 1 saturated heterocycles. The molecule has 0 radical (unpaired) electrons. The minimum atomic E-state index is -0.660. The van der Waals surface area contributed by atoms with Gasteiger partial charge in [0.05, 0.1) is 0 Å². The number of aliphatic hydroxyl groups excluding tert-OH is 1. The molecule has 1 aliphatic rings. The molecule has 13 heavy (non-hydrogen) atoms. The molecule has 0 aromatic carbocycles. The van der Waals surface area contributed by atoms with Crippen molar-refractivity contribution in [3.05, 3.63) is 0 Å². The van der Waals surface area contributed by atoms with Gasteiger partial charge in [-0.15, -0.1) is 0 Å². The van der Waals surface area contributed by atoms with Gasteiger partial charge in [-0.25, -0.2) is 10.0 Å². The number of amides is 1. The van der Waals surface area contributed by atoms with Gasteiger partial charge in [-0.05, 0) is 27.7 Å². The highest BCUT2D eigenvalue weighted by atomic mass is 16.3. The van der Waals surface area contributed by atoms with Crippen LogP contribution in [0.5, 0.6) is 0 Å². The van der Waals surface area contributed by atoms with Gasteiger partial charge in [0.2, 0.25) is 6.41 Å². The van der Waals surface area contributed by atoms with E-state index in [1.54, 1.807) is 0 Å². The molecule has 1 amide bonds. The first-order chi connectivity index (χ1) is 5.88. The largest absolute Gasteiger partial charge is 0.372 e. The minimum absolute atomic E-state index is 0.127. The Morgan fingerprint density at radius 3 is 2.31 bits per heavy atom. The van der Waals surface area contributed by atoms with Gasteiger partial charge in [-0.3, -0.25) is 4.79 Å². The predicted octanol–water partition coefficient (Wildman–Crippen LogP) is 0.571. The Kier molecular flexibility index (Phi) is 2.63. The van der Waals surface area contributed by atoms with Crippen LogP contribution in [0.1, 0.15) is 34.1 Å². The van der Waals surface area contributed by atoms with E-state index in [0.717, 1.165) is 0 Å². The predicted molar refractivity (Wildman–Crippen MR) is 49.6 cm³/mol. The number of hydrogen-bond donors (Lipinski definition) is 1. The summed E-state index contributed by atoms with van der Waals surface area (Å²) in [5.74, 6) is 0. The molecule has 4 nitrogen and oxygen atoms in total. The van der Waals surface area contributed by atoms with Crippen molar-refractivity contribution in [1.29, 1.82) is 0 Å². The average Bonchev–Trinajstić information content (AvgIpc) is 2.23. The van der Waals surface area contributed by atoms with Crippen molar-refractivity contribution < 1.29 is 9.90 Å². The number of nitrogens with zero attached hydrogens (tertiary/aromatic N) is 2. The maximum absolute atomic E-state index is 10.7. The van der Waals surface area contributed by atoms with E-state index < -0.39 is 6.23 Å². The van der Waals surface area contributed by atoms with Crippen LogP contribution in [0.15, 0.2) is 0 Å². The molecule has 0 aliphatic carbocycles. The monoisotopic (exact) mass is 186 g/mol. The lowest BCUT2D eigenvalue weighted by molar-refractivity contribution is -0.160. The van der Waals surface area contributed by atoms with Gasteiger partial charge in [0, 0.05) is 18.0 Å². The van der Waals surface area contributed by atoms with Crippen molar-refractivity contribution in [2.75, 3.05) is 0 Å². The van der Waals surface area contributed by atoms with Crippen LogP contribution in [0.25, 0.3) is 0 Å². The lowest BCUT2D eigenvalue weighted by Crippen LogP contribution is -2.52. The van der Waals surface area contributed by atoms with E-state index in [-0.39, 0.29) is 11.6 Å². The summed E-state index contributed by atoms with van der Waals surface area (Å²) in [5, 5.41) is 12.8. The van der Waals surface area contributed by atoms with E-state index >= 15 is 0 Å². The number of rotatable bonds is 1. The van der Waals surface area contributed by atoms with E-state index in [1.165, 1.54) is 5.01 Å². The quantitative estimate of drug-likeness (QED) is 0.609. The van der Waals surface area contributed by atoms with Gasteiger partial charge in [-0.1, -0.05) is 0 Å². The Morgan fingerprint density at radius 1 is 1.46 bits per heavy atom. The molecular weight excluding hydrogens is 168 g/mol. The molecule has 2 unspecified atom stereocenters. The van der Waals surface area contributed by atoms with Gasteiger partial charge in [-0.2, -0.15) is 0 Å². The maximum atomic E-state index is 10.7. The Morgan fingerprint density at radius 2 is 2.00 bits per heavy atom. The molecule has 2 atom stereocenters. The van der Waals surface area contributed by atoms with E-state index in [0.29, 0.717) is 12.8 Å². The van der Waals surface area contributed by atoms with Crippen LogP contribution in [-0.2, 0) is 4.79 Å². The van der Waals surface area contributed by atoms with Gasteiger partial charge in [0.25, 0.3) is 0 Å². The topological polar surface area (TPSA) is 43.8 Å². The van der Waals surface area contributed by atoms with Gasteiger partial charge >= 0.3 is 0 Å². The molecule has 1 fully saturated rings. The number of carbonyl (C=O) groups excluding carboxylic acids is 1. The second kappa shape index (κ2) is 3.27. The zero-order valence-corrected chi connectivity index (χ0v) is 8.69. The second-order valence-electron chi connectivity index (χ2n) is 4.57. The number of hydrogen-bond acceptors (Lipinski definition) is 3. The van der Waals surface area contributed by atoms with E-state index in [1.807, 2.05) is 32.7 Å². The molecule has 76 valence electrons. The van der Waals surface area contributed by atoms with Crippen molar-refractivity contribution in [2.24, 2.45) is 0 Å². The van der Waals surface area contributed by atoms with Crippen LogP contribution in [0, 0.1) is 0 Å². The Hall–Kier alpha value is -0.610. The summed E-state index contributed by atoms with van der Waals surface area (Å²) < 4.78 is 0. The van der Waals surface area contributed by atoms with Crippen molar-refractivity contribution in [2.45, 2.75) is 51.9 Å². The van der Waals surface area contributed by atoms with Crippen molar-refractivity contribution in [3.63, 3.8) is 0 Å². The fourth-order valence-corrected chi connectivity index (χ4v) is 2.01. The molecule has 0 bridgehead atoms. The molecule has 0 spiro atoms. The van der Waals surface area contributed by atoms with Crippen molar-refractivity contribution in [1.82, 2.24) is 10.0 Å². The van der Waals surface area contributed by atoms with Crippen LogP contribution in [0.4, 0.5) is 0 Å². The summed E-state index contributed by atoms with van der Waals surface area (Å²) in [6, 6.07) is 0.209. The standard InChI is InChI=1S/C9H18N2O2/c1-7-5-8(13)10(6-12)11(7)9(2,3)4/h6-8,13H,5H2,1-4H3. The summed E-state index contributed by atoms with van der Waals surface area (Å²) >= 11 is 0.